The number of carboxylic acids is 1. The number of nitrogens with one attached hydrogen (secondary N) is 1. The van der Waals surface area contributed by atoms with Gasteiger partial charge in [0.1, 0.15) is 0 Å². The average Bonchev–Trinajstić information content (AvgIpc) is 2.76. The molecule has 0 saturated carbocycles. The van der Waals surface area contributed by atoms with E-state index in [1.807, 2.05) is 18.2 Å². The summed E-state index contributed by atoms with van der Waals surface area (Å²) in [5, 5.41) is 12.5. The Labute approximate surface area is 173 Å². The molecule has 0 aliphatic heterocycles. The predicted molar refractivity (Wildman–Crippen MR) is 116 cm³/mol. The van der Waals surface area contributed by atoms with Crippen LogP contribution in [-0.4, -0.2) is 17.7 Å². The van der Waals surface area contributed by atoms with Gasteiger partial charge in [0.25, 0.3) is 0 Å². The Balaban J connectivity index is 0.000000208. The minimum Gasteiger partial charge on any atom is -0.479 e. The largest absolute Gasteiger partial charge is 0.479 e. The third kappa shape index (κ3) is 7.18. The molecule has 152 valence electrons. The first-order valence-corrected chi connectivity index (χ1v) is 9.77. The Morgan fingerprint density at radius 2 is 1.24 bits per heavy atom. The van der Waals surface area contributed by atoms with Crippen LogP contribution in [0.5, 0.6) is 0 Å². The highest BCUT2D eigenvalue weighted by molar-refractivity contribution is 5.78. The highest BCUT2D eigenvalue weighted by Crippen LogP contribution is 2.25. The SMILES string of the molecule is CCOC(C)(C(=O)O)c1ccccc1.c1ccc(CNCc2ccccc2)cc1. The first kappa shape index (κ1) is 22.3. The van der Waals surface area contributed by atoms with Crippen molar-refractivity contribution in [2.45, 2.75) is 32.5 Å². The van der Waals surface area contributed by atoms with E-state index < -0.39 is 11.6 Å². The van der Waals surface area contributed by atoms with Gasteiger partial charge < -0.3 is 15.2 Å². The molecule has 29 heavy (non-hydrogen) atoms. The number of aliphatic carboxylic acids is 1. The fraction of sp³-hybridized carbons (Fsp3) is 0.240. The molecule has 0 saturated heterocycles. The molecular weight excluding hydrogens is 362 g/mol. The van der Waals surface area contributed by atoms with E-state index in [2.05, 4.69) is 53.8 Å². The zero-order chi connectivity index (χ0) is 21.0. The molecule has 3 rings (SSSR count). The van der Waals surface area contributed by atoms with Gasteiger partial charge in [0.2, 0.25) is 0 Å². The van der Waals surface area contributed by atoms with Crippen molar-refractivity contribution in [2.24, 2.45) is 0 Å². The Morgan fingerprint density at radius 3 is 1.62 bits per heavy atom. The van der Waals surface area contributed by atoms with Crippen LogP contribution >= 0.6 is 0 Å². The van der Waals surface area contributed by atoms with Crippen LogP contribution in [0.15, 0.2) is 91.0 Å². The van der Waals surface area contributed by atoms with Gasteiger partial charge in [0.05, 0.1) is 0 Å². The van der Waals surface area contributed by atoms with Gasteiger partial charge in [-0.1, -0.05) is 91.0 Å². The van der Waals surface area contributed by atoms with Crippen LogP contribution in [0, 0.1) is 0 Å². The van der Waals surface area contributed by atoms with Gasteiger partial charge in [0.15, 0.2) is 5.60 Å². The fourth-order valence-corrected chi connectivity index (χ4v) is 2.86. The summed E-state index contributed by atoms with van der Waals surface area (Å²) in [6.45, 7) is 5.57. The van der Waals surface area contributed by atoms with E-state index in [9.17, 15) is 4.79 Å². The van der Waals surface area contributed by atoms with Crippen molar-refractivity contribution in [3.8, 4) is 0 Å². The molecule has 2 N–H and O–H groups in total. The van der Waals surface area contributed by atoms with E-state index in [4.69, 9.17) is 9.84 Å². The lowest BCUT2D eigenvalue weighted by Gasteiger charge is -2.24. The second kappa shape index (κ2) is 11.8. The summed E-state index contributed by atoms with van der Waals surface area (Å²) >= 11 is 0. The van der Waals surface area contributed by atoms with Gasteiger partial charge in [-0.25, -0.2) is 4.79 Å². The lowest BCUT2D eigenvalue weighted by molar-refractivity contribution is -0.164. The minimum atomic E-state index is -1.24. The minimum absolute atomic E-state index is 0.373. The first-order valence-electron chi connectivity index (χ1n) is 9.77. The van der Waals surface area contributed by atoms with Gasteiger partial charge in [-0.05, 0) is 30.5 Å². The third-order valence-corrected chi connectivity index (χ3v) is 4.51. The average molecular weight is 392 g/mol. The Bertz CT molecular complexity index is 798. The summed E-state index contributed by atoms with van der Waals surface area (Å²) in [4.78, 5) is 11.1. The number of hydrogen-bond acceptors (Lipinski definition) is 3. The molecule has 4 nitrogen and oxygen atoms in total. The number of benzene rings is 3. The Hall–Kier alpha value is -2.95. The van der Waals surface area contributed by atoms with Crippen LogP contribution in [0.1, 0.15) is 30.5 Å². The van der Waals surface area contributed by atoms with E-state index in [0.29, 0.717) is 12.2 Å². The van der Waals surface area contributed by atoms with Gasteiger partial charge in [-0.2, -0.15) is 0 Å². The maximum Gasteiger partial charge on any atom is 0.340 e. The van der Waals surface area contributed by atoms with Crippen LogP contribution in [0.4, 0.5) is 0 Å². The number of carboxylic acid groups (broad SMARTS) is 1. The smallest absolute Gasteiger partial charge is 0.340 e. The van der Waals surface area contributed by atoms with Crippen molar-refractivity contribution in [1.29, 1.82) is 0 Å². The highest BCUT2D eigenvalue weighted by Gasteiger charge is 2.35. The van der Waals surface area contributed by atoms with Gasteiger partial charge in [-0.3, -0.25) is 0 Å². The Kier molecular flexibility index (Phi) is 9.09. The zero-order valence-electron chi connectivity index (χ0n) is 17.0. The standard InChI is InChI=1S/C14H15N.C11H14O3/c1-3-7-13(8-4-1)11-15-12-14-9-5-2-6-10-14;1-3-14-11(2,10(12)13)9-7-5-4-6-8-9/h1-10,15H,11-12H2;4-8H,3H2,1-2H3,(H,12,13). The molecule has 0 aliphatic rings. The van der Waals surface area contributed by atoms with E-state index in [-0.39, 0.29) is 0 Å². The molecule has 0 bridgehead atoms. The maximum absolute atomic E-state index is 11.1. The molecule has 1 unspecified atom stereocenters. The highest BCUT2D eigenvalue weighted by atomic mass is 16.5. The van der Waals surface area contributed by atoms with Crippen molar-refractivity contribution >= 4 is 5.97 Å². The number of ether oxygens (including phenoxy) is 1. The lowest BCUT2D eigenvalue weighted by Crippen LogP contribution is -2.35. The van der Waals surface area contributed by atoms with E-state index in [1.165, 1.54) is 11.1 Å². The number of carbonyl (C=O) groups is 1. The summed E-state index contributed by atoms with van der Waals surface area (Å²) in [7, 11) is 0. The second-order valence-electron chi connectivity index (χ2n) is 6.71. The van der Waals surface area contributed by atoms with Crippen LogP contribution < -0.4 is 5.32 Å². The van der Waals surface area contributed by atoms with E-state index in [0.717, 1.165) is 13.1 Å². The van der Waals surface area contributed by atoms with Crippen LogP contribution in [-0.2, 0) is 28.2 Å². The second-order valence-corrected chi connectivity index (χ2v) is 6.71. The lowest BCUT2D eigenvalue weighted by atomic mass is 9.96. The van der Waals surface area contributed by atoms with Crippen molar-refractivity contribution in [3.63, 3.8) is 0 Å². The zero-order valence-corrected chi connectivity index (χ0v) is 17.0. The number of rotatable bonds is 8. The topological polar surface area (TPSA) is 58.6 Å². The maximum atomic E-state index is 11.1. The Morgan fingerprint density at radius 1 is 0.828 bits per heavy atom. The molecule has 0 aliphatic carbocycles. The normalized spacial score (nSPS) is 12.3. The van der Waals surface area contributed by atoms with Crippen LogP contribution in [0.2, 0.25) is 0 Å². The van der Waals surface area contributed by atoms with Gasteiger partial charge >= 0.3 is 5.97 Å². The molecule has 0 spiro atoms. The summed E-state index contributed by atoms with van der Waals surface area (Å²) in [5.74, 6) is -0.967. The van der Waals surface area contributed by atoms with Crippen LogP contribution in [0.25, 0.3) is 0 Å². The van der Waals surface area contributed by atoms with E-state index >= 15 is 0 Å². The molecule has 0 fully saturated rings. The molecule has 1 atom stereocenters. The molecular formula is C25H29NO3. The van der Waals surface area contributed by atoms with E-state index in [1.54, 1.807) is 38.1 Å². The van der Waals surface area contributed by atoms with Crippen molar-refractivity contribution in [1.82, 2.24) is 5.32 Å². The van der Waals surface area contributed by atoms with Gasteiger partial charge in [0, 0.05) is 19.7 Å². The summed E-state index contributed by atoms with van der Waals surface area (Å²) in [6.07, 6.45) is 0. The molecule has 0 heterocycles. The molecule has 0 aromatic heterocycles. The molecule has 0 radical (unpaired) electrons. The van der Waals surface area contributed by atoms with Crippen molar-refractivity contribution in [2.75, 3.05) is 6.61 Å². The molecule has 0 amide bonds. The summed E-state index contributed by atoms with van der Waals surface area (Å²) < 4.78 is 5.28. The summed E-state index contributed by atoms with van der Waals surface area (Å²) in [5.41, 5.74) is 2.08. The third-order valence-electron chi connectivity index (χ3n) is 4.51. The number of hydrogen-bond donors (Lipinski definition) is 2. The van der Waals surface area contributed by atoms with Crippen LogP contribution in [0.3, 0.4) is 0 Å². The monoisotopic (exact) mass is 391 g/mol. The molecule has 3 aromatic rings. The van der Waals surface area contributed by atoms with Crippen molar-refractivity contribution < 1.29 is 14.6 Å². The first-order chi connectivity index (χ1) is 14.1. The summed E-state index contributed by atoms with van der Waals surface area (Å²) in [6, 6.07) is 29.9. The predicted octanol–water partition coefficient (Wildman–Crippen LogP) is 5.00. The fourth-order valence-electron chi connectivity index (χ4n) is 2.86. The molecule has 3 aromatic carbocycles. The quantitative estimate of drug-likeness (QED) is 0.567. The van der Waals surface area contributed by atoms with Crippen molar-refractivity contribution in [3.05, 3.63) is 108 Å². The van der Waals surface area contributed by atoms with Gasteiger partial charge in [-0.15, -0.1) is 0 Å². The molecule has 4 heteroatoms.